The molecule has 1 aromatic heterocycles. The van der Waals surface area contributed by atoms with Crippen LogP contribution in [-0.2, 0) is 4.74 Å². The van der Waals surface area contributed by atoms with Crippen LogP contribution in [0.15, 0.2) is 78.9 Å². The molecule has 0 bridgehead atoms. The molecule has 2 amide bonds. The fourth-order valence-corrected chi connectivity index (χ4v) is 3.91. The van der Waals surface area contributed by atoms with Gasteiger partial charge in [0.05, 0.1) is 18.8 Å². The SMILES string of the molecule is O=C(Nc1ccc(Nc2nc(/C=C/c3ccccc3)nc(N3CCOCC3)n2)cc1)Nc1ccc(C(=O)O)cc1. The first-order valence-corrected chi connectivity index (χ1v) is 12.6. The van der Waals surface area contributed by atoms with Gasteiger partial charge in [0, 0.05) is 30.2 Å². The summed E-state index contributed by atoms with van der Waals surface area (Å²) < 4.78 is 5.47. The molecule has 40 heavy (non-hydrogen) atoms. The fraction of sp³-hybridized carbons (Fsp3) is 0.138. The molecule has 1 aliphatic heterocycles. The summed E-state index contributed by atoms with van der Waals surface area (Å²) in [6.07, 6.45) is 3.81. The molecule has 4 aromatic rings. The highest BCUT2D eigenvalue weighted by Crippen LogP contribution is 2.20. The Morgan fingerprint density at radius 1 is 0.775 bits per heavy atom. The number of aromatic nitrogens is 3. The van der Waals surface area contributed by atoms with Gasteiger partial charge >= 0.3 is 12.0 Å². The Morgan fingerprint density at radius 3 is 2.05 bits per heavy atom. The number of carboxylic acids is 1. The van der Waals surface area contributed by atoms with Crippen LogP contribution in [-0.4, -0.2) is 58.4 Å². The van der Waals surface area contributed by atoms with Gasteiger partial charge in [-0.05, 0) is 60.2 Å². The minimum Gasteiger partial charge on any atom is -0.478 e. The van der Waals surface area contributed by atoms with E-state index in [1.807, 2.05) is 42.5 Å². The molecule has 1 saturated heterocycles. The molecule has 0 unspecified atom stereocenters. The summed E-state index contributed by atoms with van der Waals surface area (Å²) in [5.41, 5.74) is 2.95. The zero-order valence-corrected chi connectivity index (χ0v) is 21.4. The Morgan fingerprint density at radius 2 is 1.40 bits per heavy atom. The zero-order chi connectivity index (χ0) is 27.7. The van der Waals surface area contributed by atoms with Gasteiger partial charge in [-0.25, -0.2) is 9.59 Å². The molecule has 0 aliphatic carbocycles. The number of carbonyl (C=O) groups is 2. The summed E-state index contributed by atoms with van der Waals surface area (Å²) in [6.45, 7) is 2.60. The lowest BCUT2D eigenvalue weighted by Gasteiger charge is -2.27. The molecular formula is C29H27N7O4. The van der Waals surface area contributed by atoms with Crippen LogP contribution in [0.25, 0.3) is 12.2 Å². The third kappa shape index (κ3) is 7.17. The highest BCUT2D eigenvalue weighted by molar-refractivity contribution is 6.00. The molecule has 5 rings (SSSR count). The van der Waals surface area contributed by atoms with Gasteiger partial charge in [0.1, 0.15) is 0 Å². The number of rotatable bonds is 8. The third-order valence-electron chi connectivity index (χ3n) is 5.95. The van der Waals surface area contributed by atoms with Crippen molar-refractivity contribution >= 4 is 53.1 Å². The average molecular weight is 538 g/mol. The van der Waals surface area contributed by atoms with Gasteiger partial charge in [-0.1, -0.05) is 36.4 Å². The lowest BCUT2D eigenvalue weighted by atomic mass is 10.2. The minimum absolute atomic E-state index is 0.142. The molecule has 2 heterocycles. The van der Waals surface area contributed by atoms with Crippen molar-refractivity contribution in [3.63, 3.8) is 0 Å². The Bertz CT molecular complexity index is 1490. The number of amides is 2. The number of anilines is 5. The van der Waals surface area contributed by atoms with Crippen molar-refractivity contribution in [2.24, 2.45) is 0 Å². The summed E-state index contributed by atoms with van der Waals surface area (Å²) in [7, 11) is 0. The lowest BCUT2D eigenvalue weighted by molar-refractivity contribution is 0.0697. The Hall–Kier alpha value is -5.29. The second-order valence-corrected chi connectivity index (χ2v) is 8.82. The van der Waals surface area contributed by atoms with Crippen molar-refractivity contribution in [3.8, 4) is 0 Å². The van der Waals surface area contributed by atoms with Gasteiger partial charge in [-0.3, -0.25) is 0 Å². The van der Waals surface area contributed by atoms with Crippen LogP contribution in [0.2, 0.25) is 0 Å². The Kier molecular flexibility index (Phi) is 8.23. The summed E-state index contributed by atoms with van der Waals surface area (Å²) in [5.74, 6) is 0.459. The quantitative estimate of drug-likeness (QED) is 0.245. The van der Waals surface area contributed by atoms with Crippen molar-refractivity contribution in [1.29, 1.82) is 0 Å². The first-order chi connectivity index (χ1) is 19.5. The van der Waals surface area contributed by atoms with Crippen molar-refractivity contribution in [2.75, 3.05) is 47.2 Å². The number of carbonyl (C=O) groups excluding carboxylic acids is 1. The molecule has 1 fully saturated rings. The van der Waals surface area contributed by atoms with E-state index in [1.54, 1.807) is 24.3 Å². The lowest BCUT2D eigenvalue weighted by Crippen LogP contribution is -2.37. The first kappa shape index (κ1) is 26.3. The maximum absolute atomic E-state index is 12.4. The number of carboxylic acid groups (broad SMARTS) is 1. The summed E-state index contributed by atoms with van der Waals surface area (Å²) >= 11 is 0. The number of hydrogen-bond acceptors (Lipinski definition) is 8. The van der Waals surface area contributed by atoms with E-state index in [-0.39, 0.29) is 5.56 Å². The second-order valence-electron chi connectivity index (χ2n) is 8.82. The molecule has 0 radical (unpaired) electrons. The first-order valence-electron chi connectivity index (χ1n) is 12.6. The highest BCUT2D eigenvalue weighted by Gasteiger charge is 2.16. The van der Waals surface area contributed by atoms with Gasteiger partial charge in [0.15, 0.2) is 5.82 Å². The van der Waals surface area contributed by atoms with Gasteiger partial charge in [-0.15, -0.1) is 0 Å². The number of urea groups is 1. The maximum Gasteiger partial charge on any atom is 0.335 e. The number of morpholine rings is 1. The smallest absolute Gasteiger partial charge is 0.335 e. The summed E-state index contributed by atoms with van der Waals surface area (Å²) in [4.78, 5) is 39.3. The van der Waals surface area contributed by atoms with Crippen LogP contribution < -0.4 is 20.9 Å². The average Bonchev–Trinajstić information content (AvgIpc) is 2.98. The number of nitrogens with one attached hydrogen (secondary N) is 3. The molecule has 1 aliphatic rings. The molecule has 0 saturated carbocycles. The van der Waals surface area contributed by atoms with E-state index >= 15 is 0 Å². The van der Waals surface area contributed by atoms with Crippen LogP contribution in [0.5, 0.6) is 0 Å². The van der Waals surface area contributed by atoms with Crippen LogP contribution in [0, 0.1) is 0 Å². The number of aromatic carboxylic acids is 1. The van der Waals surface area contributed by atoms with Gasteiger partial charge < -0.3 is 30.7 Å². The topological polar surface area (TPSA) is 142 Å². The number of benzene rings is 3. The second kappa shape index (κ2) is 12.5. The van der Waals surface area contributed by atoms with E-state index in [9.17, 15) is 9.59 Å². The van der Waals surface area contributed by atoms with Crippen LogP contribution >= 0.6 is 0 Å². The van der Waals surface area contributed by atoms with Gasteiger partial charge in [-0.2, -0.15) is 15.0 Å². The van der Waals surface area contributed by atoms with Crippen molar-refractivity contribution in [1.82, 2.24) is 15.0 Å². The zero-order valence-electron chi connectivity index (χ0n) is 21.4. The molecule has 0 atom stereocenters. The van der Waals surface area contributed by atoms with Crippen LogP contribution in [0.4, 0.5) is 33.8 Å². The Balaban J connectivity index is 1.27. The summed E-state index contributed by atoms with van der Waals surface area (Å²) in [6, 6.07) is 22.5. The van der Waals surface area contributed by atoms with E-state index < -0.39 is 12.0 Å². The van der Waals surface area contributed by atoms with E-state index in [0.717, 1.165) is 11.3 Å². The van der Waals surface area contributed by atoms with Crippen molar-refractivity contribution in [2.45, 2.75) is 0 Å². The molecule has 4 N–H and O–H groups in total. The Labute approximate surface area is 230 Å². The third-order valence-corrected chi connectivity index (χ3v) is 5.95. The molecule has 0 spiro atoms. The normalized spacial score (nSPS) is 13.2. The van der Waals surface area contributed by atoms with E-state index in [2.05, 4.69) is 35.8 Å². The largest absolute Gasteiger partial charge is 0.478 e. The number of hydrogen-bond donors (Lipinski definition) is 4. The van der Waals surface area contributed by atoms with E-state index in [4.69, 9.17) is 9.84 Å². The van der Waals surface area contributed by atoms with E-state index in [1.165, 1.54) is 24.3 Å². The van der Waals surface area contributed by atoms with Crippen LogP contribution in [0.1, 0.15) is 21.7 Å². The molecule has 11 heteroatoms. The van der Waals surface area contributed by atoms with Gasteiger partial charge in [0.25, 0.3) is 0 Å². The van der Waals surface area contributed by atoms with E-state index in [0.29, 0.717) is 55.4 Å². The molecule has 202 valence electrons. The van der Waals surface area contributed by atoms with Crippen molar-refractivity contribution in [3.05, 3.63) is 95.8 Å². The van der Waals surface area contributed by atoms with Gasteiger partial charge in [0.2, 0.25) is 11.9 Å². The molecule has 11 nitrogen and oxygen atoms in total. The van der Waals surface area contributed by atoms with Crippen LogP contribution in [0.3, 0.4) is 0 Å². The predicted octanol–water partition coefficient (Wildman–Crippen LogP) is 4.96. The molecular weight excluding hydrogens is 510 g/mol. The number of nitrogens with zero attached hydrogens (tertiary/aromatic N) is 4. The molecule has 3 aromatic carbocycles. The fourth-order valence-electron chi connectivity index (χ4n) is 3.91. The highest BCUT2D eigenvalue weighted by atomic mass is 16.5. The number of ether oxygens (including phenoxy) is 1. The standard InChI is InChI=1S/C29H27N7O4/c37-26(38)21-7-9-23(10-8-21)31-29(39)32-24-13-11-22(12-14-24)30-27-33-25(15-6-20-4-2-1-3-5-20)34-28(35-27)36-16-18-40-19-17-36/h1-15H,16-19H2,(H,37,38)(H2,31,32,39)(H,30,33,34,35)/b15-6+. The predicted molar refractivity (Wildman–Crippen MR) is 154 cm³/mol. The van der Waals surface area contributed by atoms with Crippen molar-refractivity contribution < 1.29 is 19.4 Å². The summed E-state index contributed by atoms with van der Waals surface area (Å²) in [5, 5.41) is 17.6. The monoisotopic (exact) mass is 537 g/mol. The maximum atomic E-state index is 12.4. The minimum atomic E-state index is -1.03.